The van der Waals surface area contributed by atoms with Gasteiger partial charge in [-0.05, 0) is 6.20 Å². The molecule has 0 fully saturated rings. The van der Waals surface area contributed by atoms with Crippen molar-refractivity contribution in [3.63, 3.8) is 0 Å². The molecule has 0 unspecified atom stereocenters. The standard InChI is InChI=1S/C10H19NSi2/c1-7-11(12(5)6)13(8-2,9-3)10-4/h7-10,12H,1-4H2,5-6H3. The van der Waals surface area contributed by atoms with E-state index in [0.29, 0.717) is 0 Å². The van der Waals surface area contributed by atoms with Crippen LogP contribution in [0.25, 0.3) is 0 Å². The number of nitrogens with zero attached hydrogens (tertiary/aromatic N) is 1. The first kappa shape index (κ1) is 12.2. The van der Waals surface area contributed by atoms with Crippen LogP contribution in [0.15, 0.2) is 49.6 Å². The number of hydrogen-bond acceptors (Lipinski definition) is 1. The Hall–Kier alpha value is -0.806. The van der Waals surface area contributed by atoms with Crippen LogP contribution in [0.4, 0.5) is 0 Å². The van der Waals surface area contributed by atoms with Gasteiger partial charge in [-0.15, -0.1) is 19.7 Å². The molecule has 0 amide bonds. The van der Waals surface area contributed by atoms with E-state index in [4.69, 9.17) is 0 Å². The first-order chi connectivity index (χ1) is 6.07. The molecule has 72 valence electrons. The fourth-order valence-corrected chi connectivity index (χ4v) is 7.78. The molecule has 0 atom stereocenters. The van der Waals surface area contributed by atoms with Gasteiger partial charge in [-0.2, -0.15) is 0 Å². The van der Waals surface area contributed by atoms with Gasteiger partial charge in [0.05, 0.1) is 0 Å². The largest absolute Gasteiger partial charge is 0.424 e. The van der Waals surface area contributed by atoms with Crippen LogP contribution in [-0.2, 0) is 0 Å². The van der Waals surface area contributed by atoms with Crippen LogP contribution in [0.3, 0.4) is 0 Å². The Kier molecular flexibility index (Phi) is 4.73. The SMILES string of the molecule is C=CN([SiH](C)C)[Si](C=C)(C=C)C=C. The van der Waals surface area contributed by atoms with Gasteiger partial charge < -0.3 is 4.23 Å². The number of hydrogen-bond donors (Lipinski definition) is 0. The minimum atomic E-state index is -1.84. The maximum atomic E-state index is 3.88. The molecule has 0 aromatic rings. The molecule has 0 N–H and O–H groups in total. The summed E-state index contributed by atoms with van der Waals surface area (Å²) in [4.78, 5) is 0. The van der Waals surface area contributed by atoms with Gasteiger partial charge >= 0.3 is 0 Å². The summed E-state index contributed by atoms with van der Waals surface area (Å²) in [6.07, 6.45) is 1.91. The third-order valence-electron chi connectivity index (χ3n) is 2.18. The van der Waals surface area contributed by atoms with Crippen molar-refractivity contribution >= 4 is 17.2 Å². The van der Waals surface area contributed by atoms with E-state index >= 15 is 0 Å². The molecule has 0 heterocycles. The average Bonchev–Trinajstić information content (AvgIpc) is 2.13. The second-order valence-corrected chi connectivity index (χ2v) is 9.96. The summed E-state index contributed by atoms with van der Waals surface area (Å²) in [5.74, 6) is 0. The van der Waals surface area contributed by atoms with E-state index in [-0.39, 0.29) is 0 Å². The predicted octanol–water partition coefficient (Wildman–Crippen LogP) is 2.54. The molecule has 0 spiro atoms. The lowest BCUT2D eigenvalue weighted by molar-refractivity contribution is 0.888. The molecule has 0 aromatic heterocycles. The zero-order valence-electron chi connectivity index (χ0n) is 8.66. The molecule has 1 nitrogen and oxygen atoms in total. The first-order valence-electron chi connectivity index (χ1n) is 4.39. The topological polar surface area (TPSA) is 3.24 Å². The summed E-state index contributed by atoms with van der Waals surface area (Å²) in [5.41, 5.74) is 5.96. The Balaban J connectivity index is 5.09. The Labute approximate surface area is 84.5 Å². The van der Waals surface area contributed by atoms with Gasteiger partial charge in [0.15, 0.2) is 0 Å². The molecule has 0 bridgehead atoms. The van der Waals surface area contributed by atoms with Gasteiger partial charge in [0.25, 0.3) is 0 Å². The van der Waals surface area contributed by atoms with E-state index in [1.807, 2.05) is 23.3 Å². The lowest BCUT2D eigenvalue weighted by Gasteiger charge is -2.37. The van der Waals surface area contributed by atoms with Crippen LogP contribution in [0, 0.1) is 0 Å². The minimum absolute atomic E-state index is 0.900. The molecular formula is C10H19NSi2. The zero-order valence-corrected chi connectivity index (χ0v) is 10.8. The normalized spacial score (nSPS) is 10.7. The molecule has 0 aliphatic heterocycles. The van der Waals surface area contributed by atoms with Crippen LogP contribution in [-0.4, -0.2) is 21.4 Å². The van der Waals surface area contributed by atoms with Crippen molar-refractivity contribution < 1.29 is 0 Å². The van der Waals surface area contributed by atoms with Crippen molar-refractivity contribution in [2.24, 2.45) is 0 Å². The monoisotopic (exact) mass is 209 g/mol. The molecule has 13 heavy (non-hydrogen) atoms. The summed E-state index contributed by atoms with van der Waals surface area (Å²) >= 11 is 0. The van der Waals surface area contributed by atoms with Gasteiger partial charge in [-0.1, -0.05) is 36.8 Å². The summed E-state index contributed by atoms with van der Waals surface area (Å²) in [5, 5.41) is 0. The fraction of sp³-hybridized carbons (Fsp3) is 0.200. The highest BCUT2D eigenvalue weighted by molar-refractivity contribution is 6.96. The Morgan fingerprint density at radius 2 is 1.38 bits per heavy atom. The Morgan fingerprint density at radius 3 is 1.46 bits per heavy atom. The summed E-state index contributed by atoms with van der Waals surface area (Å²) in [7, 11) is -2.74. The van der Waals surface area contributed by atoms with Crippen molar-refractivity contribution in [2.75, 3.05) is 0 Å². The zero-order chi connectivity index (χ0) is 10.5. The third-order valence-corrected chi connectivity index (χ3v) is 9.43. The molecular weight excluding hydrogens is 190 g/mol. The van der Waals surface area contributed by atoms with Gasteiger partial charge in [0, 0.05) is 0 Å². The Bertz CT molecular complexity index is 199. The number of rotatable bonds is 6. The lowest BCUT2D eigenvalue weighted by atomic mass is 11.1. The Morgan fingerprint density at radius 1 is 1.00 bits per heavy atom. The lowest BCUT2D eigenvalue weighted by Crippen LogP contribution is -2.51. The van der Waals surface area contributed by atoms with E-state index in [2.05, 4.69) is 43.6 Å². The maximum Gasteiger partial charge on any atom is 0.220 e. The van der Waals surface area contributed by atoms with Crippen molar-refractivity contribution in [1.82, 2.24) is 4.23 Å². The molecule has 0 saturated carbocycles. The smallest absolute Gasteiger partial charge is 0.220 e. The minimum Gasteiger partial charge on any atom is -0.424 e. The predicted molar refractivity (Wildman–Crippen MR) is 67.3 cm³/mol. The molecule has 3 heteroatoms. The molecule has 0 aliphatic carbocycles. The van der Waals surface area contributed by atoms with Gasteiger partial charge in [-0.25, -0.2) is 0 Å². The molecule has 0 rings (SSSR count). The molecule has 0 saturated heterocycles. The van der Waals surface area contributed by atoms with Gasteiger partial charge in [0.1, 0.15) is 8.96 Å². The van der Waals surface area contributed by atoms with Crippen molar-refractivity contribution in [3.8, 4) is 0 Å². The molecule has 0 radical (unpaired) electrons. The van der Waals surface area contributed by atoms with E-state index < -0.39 is 17.2 Å². The van der Waals surface area contributed by atoms with Gasteiger partial charge in [-0.3, -0.25) is 0 Å². The van der Waals surface area contributed by atoms with Crippen LogP contribution in [0.2, 0.25) is 13.1 Å². The van der Waals surface area contributed by atoms with E-state index in [1.165, 1.54) is 0 Å². The van der Waals surface area contributed by atoms with Crippen LogP contribution in [0.1, 0.15) is 0 Å². The molecule has 0 aliphatic rings. The highest BCUT2D eigenvalue weighted by Gasteiger charge is 2.30. The summed E-state index contributed by atoms with van der Waals surface area (Å²) in [6.45, 7) is 20.0. The second-order valence-electron chi connectivity index (χ2n) is 3.18. The van der Waals surface area contributed by atoms with Crippen LogP contribution < -0.4 is 0 Å². The van der Waals surface area contributed by atoms with Crippen LogP contribution >= 0.6 is 0 Å². The maximum absolute atomic E-state index is 3.88. The summed E-state index contributed by atoms with van der Waals surface area (Å²) < 4.78 is 2.33. The molecule has 0 aromatic carbocycles. The van der Waals surface area contributed by atoms with Crippen molar-refractivity contribution in [3.05, 3.63) is 49.6 Å². The van der Waals surface area contributed by atoms with E-state index in [1.54, 1.807) is 0 Å². The van der Waals surface area contributed by atoms with Crippen LogP contribution in [0.5, 0.6) is 0 Å². The summed E-state index contributed by atoms with van der Waals surface area (Å²) in [6, 6.07) is 0. The highest BCUT2D eigenvalue weighted by atomic mass is 28.4. The first-order valence-corrected chi connectivity index (χ1v) is 9.40. The van der Waals surface area contributed by atoms with Gasteiger partial charge in [0.2, 0.25) is 8.24 Å². The van der Waals surface area contributed by atoms with Crippen molar-refractivity contribution in [1.29, 1.82) is 0 Å². The van der Waals surface area contributed by atoms with E-state index in [9.17, 15) is 0 Å². The van der Waals surface area contributed by atoms with E-state index in [0.717, 1.165) is 0 Å². The van der Waals surface area contributed by atoms with Crippen molar-refractivity contribution in [2.45, 2.75) is 13.1 Å². The second kappa shape index (κ2) is 5.04. The average molecular weight is 209 g/mol. The fourth-order valence-electron chi connectivity index (χ4n) is 1.38. The quantitative estimate of drug-likeness (QED) is 0.608. The third kappa shape index (κ3) is 2.32. The highest BCUT2D eigenvalue weighted by Crippen LogP contribution is 2.16.